The normalized spacial score (nSPS) is 21.6. The van der Waals surface area contributed by atoms with Gasteiger partial charge in [0.05, 0.1) is 12.1 Å². The highest BCUT2D eigenvalue weighted by atomic mass is 16.2. The number of aromatic amines is 1. The molecule has 0 aromatic carbocycles. The van der Waals surface area contributed by atoms with Crippen LogP contribution in [-0.2, 0) is 4.79 Å². The van der Waals surface area contributed by atoms with Gasteiger partial charge >= 0.3 is 0 Å². The fraction of sp³-hybridized carbons (Fsp3) is 0.643. The summed E-state index contributed by atoms with van der Waals surface area (Å²) < 4.78 is 0. The molecular weight excluding hydrogens is 226 g/mol. The van der Waals surface area contributed by atoms with E-state index in [2.05, 4.69) is 18.8 Å². The van der Waals surface area contributed by atoms with Crippen molar-refractivity contribution in [1.82, 2.24) is 9.88 Å². The Morgan fingerprint density at radius 3 is 3.00 bits per heavy atom. The lowest BCUT2D eigenvalue weighted by atomic mass is 10.0. The number of likely N-dealkylation sites (tertiary alicyclic amines) is 1. The maximum atomic E-state index is 12.4. The summed E-state index contributed by atoms with van der Waals surface area (Å²) in [4.78, 5) is 17.5. The summed E-state index contributed by atoms with van der Waals surface area (Å²) in [7, 11) is 0. The Balaban J connectivity index is 2.05. The lowest BCUT2D eigenvalue weighted by Crippen LogP contribution is -2.44. The van der Waals surface area contributed by atoms with Crippen LogP contribution in [-0.4, -0.2) is 28.4 Å². The van der Waals surface area contributed by atoms with Crippen molar-refractivity contribution in [3.05, 3.63) is 24.0 Å². The standard InChI is InChI=1S/C14H23N3O/c1-10(2)9-11(15)14(18)17-8-4-6-13(17)12-5-3-7-16-12/h3,5,7,10-11,13,16H,4,6,8-9,15H2,1-2H3. The summed E-state index contributed by atoms with van der Waals surface area (Å²) in [6, 6.07) is 3.85. The van der Waals surface area contributed by atoms with Gasteiger partial charge in [0.25, 0.3) is 0 Å². The fourth-order valence-electron chi connectivity index (χ4n) is 2.73. The van der Waals surface area contributed by atoms with Crippen LogP contribution in [0.15, 0.2) is 18.3 Å². The van der Waals surface area contributed by atoms with Gasteiger partial charge in [-0.25, -0.2) is 0 Å². The highest BCUT2D eigenvalue weighted by Crippen LogP contribution is 2.31. The van der Waals surface area contributed by atoms with Gasteiger partial charge in [0.15, 0.2) is 0 Å². The van der Waals surface area contributed by atoms with Crippen molar-refractivity contribution in [3.63, 3.8) is 0 Å². The van der Waals surface area contributed by atoms with Gasteiger partial charge in [0, 0.05) is 18.4 Å². The Morgan fingerprint density at radius 2 is 2.39 bits per heavy atom. The Bertz CT molecular complexity index is 386. The zero-order valence-electron chi connectivity index (χ0n) is 11.2. The van der Waals surface area contributed by atoms with E-state index < -0.39 is 0 Å². The lowest BCUT2D eigenvalue weighted by Gasteiger charge is -2.27. The predicted molar refractivity (Wildman–Crippen MR) is 71.9 cm³/mol. The molecule has 4 nitrogen and oxygen atoms in total. The summed E-state index contributed by atoms with van der Waals surface area (Å²) in [6.45, 7) is 5.02. The number of amides is 1. The molecule has 1 amide bonds. The number of nitrogens with one attached hydrogen (secondary N) is 1. The second-order valence-corrected chi connectivity index (χ2v) is 5.55. The van der Waals surface area contributed by atoms with Gasteiger partial charge in [-0.15, -0.1) is 0 Å². The average molecular weight is 249 g/mol. The van der Waals surface area contributed by atoms with Crippen LogP contribution in [0, 0.1) is 5.92 Å². The SMILES string of the molecule is CC(C)CC(N)C(=O)N1CCCC1c1ccc[nH]1. The van der Waals surface area contributed by atoms with Crippen LogP contribution in [0.1, 0.15) is 44.8 Å². The second-order valence-electron chi connectivity index (χ2n) is 5.55. The fourth-order valence-corrected chi connectivity index (χ4v) is 2.73. The number of hydrogen-bond acceptors (Lipinski definition) is 2. The Kier molecular flexibility index (Phi) is 4.07. The van der Waals surface area contributed by atoms with Crippen LogP contribution in [0.2, 0.25) is 0 Å². The van der Waals surface area contributed by atoms with E-state index in [1.165, 1.54) is 0 Å². The van der Waals surface area contributed by atoms with Crippen LogP contribution >= 0.6 is 0 Å². The molecule has 0 radical (unpaired) electrons. The molecule has 1 aromatic heterocycles. The first-order valence-electron chi connectivity index (χ1n) is 6.79. The molecule has 1 aliphatic heterocycles. The topological polar surface area (TPSA) is 62.1 Å². The molecule has 2 rings (SSSR count). The highest BCUT2D eigenvalue weighted by molar-refractivity contribution is 5.82. The molecule has 1 aromatic rings. The number of H-pyrrole nitrogens is 1. The van der Waals surface area contributed by atoms with Crippen molar-refractivity contribution in [3.8, 4) is 0 Å². The third-order valence-corrected chi connectivity index (χ3v) is 3.56. The molecule has 0 bridgehead atoms. The number of nitrogens with zero attached hydrogens (tertiary/aromatic N) is 1. The van der Waals surface area contributed by atoms with Gasteiger partial charge in [-0.05, 0) is 37.3 Å². The molecule has 2 heterocycles. The van der Waals surface area contributed by atoms with Gasteiger partial charge < -0.3 is 15.6 Å². The monoisotopic (exact) mass is 249 g/mol. The van der Waals surface area contributed by atoms with Crippen LogP contribution in [0.3, 0.4) is 0 Å². The van der Waals surface area contributed by atoms with E-state index in [4.69, 9.17) is 5.73 Å². The van der Waals surface area contributed by atoms with Gasteiger partial charge in [0.2, 0.25) is 5.91 Å². The molecule has 1 saturated heterocycles. The number of carbonyl (C=O) groups excluding carboxylic acids is 1. The molecule has 2 atom stereocenters. The van der Waals surface area contributed by atoms with Crippen molar-refractivity contribution in [2.24, 2.45) is 11.7 Å². The molecular formula is C14H23N3O. The average Bonchev–Trinajstić information content (AvgIpc) is 2.97. The largest absolute Gasteiger partial charge is 0.363 e. The summed E-state index contributed by atoms with van der Waals surface area (Å²) in [5.41, 5.74) is 7.13. The highest BCUT2D eigenvalue weighted by Gasteiger charge is 2.33. The zero-order chi connectivity index (χ0) is 13.1. The maximum Gasteiger partial charge on any atom is 0.240 e. The predicted octanol–water partition coefficient (Wildman–Crippen LogP) is 2.05. The molecule has 4 heteroatoms. The lowest BCUT2D eigenvalue weighted by molar-refractivity contribution is -0.134. The van der Waals surface area contributed by atoms with Gasteiger partial charge in [-0.3, -0.25) is 4.79 Å². The minimum absolute atomic E-state index is 0.0980. The number of carbonyl (C=O) groups is 1. The quantitative estimate of drug-likeness (QED) is 0.858. The van der Waals surface area contributed by atoms with Gasteiger partial charge in [-0.2, -0.15) is 0 Å². The van der Waals surface area contributed by atoms with Crippen molar-refractivity contribution in [2.45, 2.75) is 45.2 Å². The van der Waals surface area contributed by atoms with Crippen LogP contribution in [0.5, 0.6) is 0 Å². The minimum atomic E-state index is -0.361. The van der Waals surface area contributed by atoms with E-state index in [1.54, 1.807) is 0 Å². The van der Waals surface area contributed by atoms with Crippen molar-refractivity contribution in [1.29, 1.82) is 0 Å². The van der Waals surface area contributed by atoms with Crippen molar-refractivity contribution < 1.29 is 4.79 Å². The summed E-state index contributed by atoms with van der Waals surface area (Å²) in [5.74, 6) is 0.552. The molecule has 18 heavy (non-hydrogen) atoms. The smallest absolute Gasteiger partial charge is 0.240 e. The number of nitrogens with two attached hydrogens (primary N) is 1. The summed E-state index contributed by atoms with van der Waals surface area (Å²) in [5, 5.41) is 0. The van der Waals surface area contributed by atoms with Crippen LogP contribution < -0.4 is 5.73 Å². The van der Waals surface area contributed by atoms with E-state index in [9.17, 15) is 4.79 Å². The Labute approximate surface area is 109 Å². The van der Waals surface area contributed by atoms with E-state index >= 15 is 0 Å². The molecule has 0 saturated carbocycles. The zero-order valence-corrected chi connectivity index (χ0v) is 11.2. The van der Waals surface area contributed by atoms with Crippen molar-refractivity contribution >= 4 is 5.91 Å². The Morgan fingerprint density at radius 1 is 1.61 bits per heavy atom. The first kappa shape index (κ1) is 13.1. The third-order valence-electron chi connectivity index (χ3n) is 3.56. The molecule has 0 spiro atoms. The molecule has 100 valence electrons. The number of aromatic nitrogens is 1. The van der Waals surface area contributed by atoms with Crippen molar-refractivity contribution in [2.75, 3.05) is 6.54 Å². The minimum Gasteiger partial charge on any atom is -0.363 e. The second kappa shape index (κ2) is 5.57. The van der Waals surface area contributed by atoms with Crippen LogP contribution in [0.25, 0.3) is 0 Å². The van der Waals surface area contributed by atoms with Gasteiger partial charge in [0.1, 0.15) is 0 Å². The molecule has 1 fully saturated rings. The van der Waals surface area contributed by atoms with E-state index in [0.717, 1.165) is 31.5 Å². The molecule has 1 aliphatic rings. The molecule has 2 unspecified atom stereocenters. The maximum absolute atomic E-state index is 12.4. The number of rotatable bonds is 4. The van der Waals surface area contributed by atoms with Crippen LogP contribution in [0.4, 0.5) is 0 Å². The first-order valence-corrected chi connectivity index (χ1v) is 6.79. The molecule has 3 N–H and O–H groups in total. The van der Waals surface area contributed by atoms with E-state index in [1.807, 2.05) is 23.2 Å². The molecule has 0 aliphatic carbocycles. The summed E-state index contributed by atoms with van der Waals surface area (Å²) in [6.07, 6.45) is 4.75. The Hall–Kier alpha value is -1.29. The third kappa shape index (κ3) is 2.75. The van der Waals surface area contributed by atoms with E-state index in [0.29, 0.717) is 5.92 Å². The van der Waals surface area contributed by atoms with E-state index in [-0.39, 0.29) is 18.0 Å². The number of hydrogen-bond donors (Lipinski definition) is 2. The first-order chi connectivity index (χ1) is 8.59. The van der Waals surface area contributed by atoms with Gasteiger partial charge in [-0.1, -0.05) is 13.8 Å². The summed E-state index contributed by atoms with van der Waals surface area (Å²) >= 11 is 0.